The minimum atomic E-state index is -0.184. The molecule has 0 spiro atoms. The van der Waals surface area contributed by atoms with Gasteiger partial charge in [0.1, 0.15) is 5.82 Å². The van der Waals surface area contributed by atoms with E-state index < -0.39 is 0 Å². The fourth-order valence-corrected chi connectivity index (χ4v) is 2.69. The van der Waals surface area contributed by atoms with Gasteiger partial charge in [-0.25, -0.2) is 4.68 Å². The van der Waals surface area contributed by atoms with Crippen molar-refractivity contribution in [3.05, 3.63) is 42.1 Å². The van der Waals surface area contributed by atoms with Crippen LogP contribution in [-0.2, 0) is 16.0 Å². The second-order valence-corrected chi connectivity index (χ2v) is 6.53. The molecule has 0 bridgehead atoms. The van der Waals surface area contributed by atoms with Crippen molar-refractivity contribution in [3.63, 3.8) is 0 Å². The molecule has 0 fully saturated rings. The lowest BCUT2D eigenvalue weighted by atomic mass is 10.1. The number of amides is 2. The predicted molar refractivity (Wildman–Crippen MR) is 103 cm³/mol. The lowest BCUT2D eigenvalue weighted by molar-refractivity contribution is -0.119. The minimum Gasteiger partial charge on any atom is -0.325 e. The van der Waals surface area contributed by atoms with E-state index in [0.717, 1.165) is 17.7 Å². The first-order valence-electron chi connectivity index (χ1n) is 8.80. The SMILES string of the molecule is CCc1ccccc1NC(=O)CN(C)CC(=O)Nc1ccnn1C(C)C. The maximum atomic E-state index is 12.2. The summed E-state index contributed by atoms with van der Waals surface area (Å²) in [4.78, 5) is 26.1. The van der Waals surface area contributed by atoms with Gasteiger partial charge in [-0.05, 0) is 38.9 Å². The third-order valence-corrected chi connectivity index (χ3v) is 3.93. The molecule has 2 rings (SSSR count). The van der Waals surface area contributed by atoms with Crippen LogP contribution < -0.4 is 10.6 Å². The molecule has 0 atom stereocenters. The highest BCUT2D eigenvalue weighted by molar-refractivity contribution is 5.94. The summed E-state index contributed by atoms with van der Waals surface area (Å²) in [5.41, 5.74) is 1.90. The lowest BCUT2D eigenvalue weighted by Crippen LogP contribution is -2.36. The second kappa shape index (κ2) is 9.15. The first-order chi connectivity index (χ1) is 12.4. The number of hydrogen-bond donors (Lipinski definition) is 2. The molecular weight excluding hydrogens is 330 g/mol. The van der Waals surface area contributed by atoms with Crippen molar-refractivity contribution in [2.24, 2.45) is 0 Å². The summed E-state index contributed by atoms with van der Waals surface area (Å²) in [7, 11) is 1.74. The van der Waals surface area contributed by atoms with Gasteiger partial charge in [0, 0.05) is 17.8 Å². The zero-order valence-electron chi connectivity index (χ0n) is 15.8. The Balaban J connectivity index is 1.85. The standard InChI is InChI=1S/C19H27N5O2/c1-5-15-8-6-7-9-16(15)21-18(25)12-23(4)13-19(26)22-17-10-11-20-24(17)14(2)3/h6-11,14H,5,12-13H2,1-4H3,(H,21,25)(H,22,26). The highest BCUT2D eigenvalue weighted by Crippen LogP contribution is 2.15. The van der Waals surface area contributed by atoms with E-state index in [-0.39, 0.29) is 30.9 Å². The Hall–Kier alpha value is -2.67. The largest absolute Gasteiger partial charge is 0.325 e. The summed E-state index contributed by atoms with van der Waals surface area (Å²) >= 11 is 0. The summed E-state index contributed by atoms with van der Waals surface area (Å²) in [5.74, 6) is 0.324. The second-order valence-electron chi connectivity index (χ2n) is 6.53. The molecule has 2 amide bonds. The Kier molecular flexibility index (Phi) is 6.91. The van der Waals surface area contributed by atoms with Crippen LogP contribution in [0.2, 0.25) is 0 Å². The number of benzene rings is 1. The van der Waals surface area contributed by atoms with Gasteiger partial charge in [0.2, 0.25) is 11.8 Å². The van der Waals surface area contributed by atoms with Crippen molar-refractivity contribution in [1.29, 1.82) is 0 Å². The molecule has 0 aliphatic heterocycles. The van der Waals surface area contributed by atoms with Crippen LogP contribution in [-0.4, -0.2) is 46.6 Å². The molecular formula is C19H27N5O2. The smallest absolute Gasteiger partial charge is 0.239 e. The van der Waals surface area contributed by atoms with Crippen molar-refractivity contribution in [2.45, 2.75) is 33.2 Å². The number of likely N-dealkylation sites (N-methyl/N-ethyl adjacent to an activating group) is 1. The number of carbonyl (C=O) groups is 2. The molecule has 0 saturated heterocycles. The van der Waals surface area contributed by atoms with Crippen molar-refractivity contribution in [2.75, 3.05) is 30.8 Å². The van der Waals surface area contributed by atoms with Crippen LogP contribution >= 0.6 is 0 Å². The lowest BCUT2D eigenvalue weighted by Gasteiger charge is -2.17. The van der Waals surface area contributed by atoms with Crippen LogP contribution in [0.4, 0.5) is 11.5 Å². The third-order valence-electron chi connectivity index (χ3n) is 3.93. The zero-order valence-corrected chi connectivity index (χ0v) is 15.8. The van der Waals surface area contributed by atoms with E-state index in [1.165, 1.54) is 0 Å². The first kappa shape index (κ1) is 19.7. The van der Waals surface area contributed by atoms with E-state index in [1.807, 2.05) is 45.0 Å². The van der Waals surface area contributed by atoms with Crippen molar-refractivity contribution >= 4 is 23.3 Å². The molecule has 0 aliphatic rings. The number of carbonyl (C=O) groups excluding carboxylic acids is 2. The Bertz CT molecular complexity index is 754. The van der Waals surface area contributed by atoms with E-state index in [4.69, 9.17) is 0 Å². The van der Waals surface area contributed by atoms with Crippen LogP contribution in [0.1, 0.15) is 32.4 Å². The normalized spacial score (nSPS) is 11.0. The number of aryl methyl sites for hydroxylation is 1. The molecule has 1 heterocycles. The zero-order chi connectivity index (χ0) is 19.1. The van der Waals surface area contributed by atoms with Gasteiger partial charge in [0.05, 0.1) is 19.3 Å². The number of hydrogen-bond acceptors (Lipinski definition) is 4. The van der Waals surface area contributed by atoms with Crippen molar-refractivity contribution in [3.8, 4) is 0 Å². The summed E-state index contributed by atoms with van der Waals surface area (Å²) in [5, 5.41) is 9.92. The predicted octanol–water partition coefficient (Wildman–Crippen LogP) is 2.54. The number of aromatic nitrogens is 2. The van der Waals surface area contributed by atoms with Crippen LogP contribution in [0, 0.1) is 0 Å². The number of nitrogens with one attached hydrogen (secondary N) is 2. The summed E-state index contributed by atoms with van der Waals surface area (Å²) in [6, 6.07) is 9.63. The van der Waals surface area contributed by atoms with E-state index in [2.05, 4.69) is 15.7 Å². The minimum absolute atomic E-state index is 0.117. The van der Waals surface area contributed by atoms with Gasteiger partial charge >= 0.3 is 0 Å². The van der Waals surface area contributed by atoms with Gasteiger partial charge in [0.25, 0.3) is 0 Å². The van der Waals surface area contributed by atoms with Gasteiger partial charge in [-0.15, -0.1) is 0 Å². The monoisotopic (exact) mass is 357 g/mol. The highest BCUT2D eigenvalue weighted by Gasteiger charge is 2.14. The van der Waals surface area contributed by atoms with Crippen LogP contribution in [0.3, 0.4) is 0 Å². The summed E-state index contributed by atoms with van der Waals surface area (Å²) < 4.78 is 1.74. The Morgan fingerprint density at radius 2 is 1.77 bits per heavy atom. The molecule has 140 valence electrons. The molecule has 1 aromatic heterocycles. The van der Waals surface area contributed by atoms with Gasteiger partial charge in [-0.3, -0.25) is 14.5 Å². The Labute approximate surface area is 154 Å². The topological polar surface area (TPSA) is 79.3 Å². The molecule has 7 nitrogen and oxygen atoms in total. The fraction of sp³-hybridized carbons (Fsp3) is 0.421. The number of anilines is 2. The first-order valence-corrected chi connectivity index (χ1v) is 8.80. The summed E-state index contributed by atoms with van der Waals surface area (Å²) in [6.07, 6.45) is 2.50. The molecule has 7 heteroatoms. The molecule has 0 unspecified atom stereocenters. The average molecular weight is 357 g/mol. The molecule has 0 aliphatic carbocycles. The van der Waals surface area contributed by atoms with Gasteiger partial charge < -0.3 is 10.6 Å². The third kappa shape index (κ3) is 5.42. The van der Waals surface area contributed by atoms with Crippen LogP contribution in [0.25, 0.3) is 0 Å². The molecule has 0 saturated carbocycles. The van der Waals surface area contributed by atoms with Crippen LogP contribution in [0.15, 0.2) is 36.5 Å². The van der Waals surface area contributed by atoms with E-state index >= 15 is 0 Å². The Morgan fingerprint density at radius 1 is 1.12 bits per heavy atom. The number of rotatable bonds is 8. The number of para-hydroxylation sites is 1. The van der Waals surface area contributed by atoms with Gasteiger partial charge in [0.15, 0.2) is 0 Å². The molecule has 26 heavy (non-hydrogen) atoms. The molecule has 0 radical (unpaired) electrons. The maximum absolute atomic E-state index is 12.2. The van der Waals surface area contributed by atoms with E-state index in [0.29, 0.717) is 5.82 Å². The molecule has 2 aromatic rings. The molecule has 2 N–H and O–H groups in total. The molecule has 1 aromatic carbocycles. The van der Waals surface area contributed by atoms with Gasteiger partial charge in [-0.2, -0.15) is 5.10 Å². The summed E-state index contributed by atoms with van der Waals surface area (Å²) in [6.45, 7) is 6.28. The fourth-order valence-electron chi connectivity index (χ4n) is 2.69. The van der Waals surface area contributed by atoms with Crippen LogP contribution in [0.5, 0.6) is 0 Å². The van der Waals surface area contributed by atoms with E-state index in [1.54, 1.807) is 28.9 Å². The number of nitrogens with zero attached hydrogens (tertiary/aromatic N) is 3. The highest BCUT2D eigenvalue weighted by atomic mass is 16.2. The average Bonchev–Trinajstić information content (AvgIpc) is 3.03. The van der Waals surface area contributed by atoms with Gasteiger partial charge in [-0.1, -0.05) is 25.1 Å². The van der Waals surface area contributed by atoms with E-state index in [9.17, 15) is 9.59 Å². The Morgan fingerprint density at radius 3 is 2.42 bits per heavy atom. The van der Waals surface area contributed by atoms with Crippen molar-refractivity contribution in [1.82, 2.24) is 14.7 Å². The quantitative estimate of drug-likeness (QED) is 0.761. The van der Waals surface area contributed by atoms with Crippen molar-refractivity contribution < 1.29 is 9.59 Å². The maximum Gasteiger partial charge on any atom is 0.239 e.